The van der Waals surface area contributed by atoms with E-state index in [9.17, 15) is 0 Å². The molecule has 0 amide bonds. The van der Waals surface area contributed by atoms with Crippen molar-refractivity contribution in [2.24, 2.45) is 11.7 Å². The molecule has 0 fully saturated rings. The lowest BCUT2D eigenvalue weighted by atomic mass is 10.0. The summed E-state index contributed by atoms with van der Waals surface area (Å²) in [6.45, 7) is 4.96. The predicted octanol–water partition coefficient (Wildman–Crippen LogP) is 4.06. The van der Waals surface area contributed by atoms with E-state index in [2.05, 4.69) is 36.1 Å². The number of benzene rings is 2. The van der Waals surface area contributed by atoms with E-state index in [1.807, 2.05) is 36.4 Å². The van der Waals surface area contributed by atoms with Crippen LogP contribution >= 0.6 is 0 Å². The van der Waals surface area contributed by atoms with Crippen LogP contribution in [0.3, 0.4) is 0 Å². The summed E-state index contributed by atoms with van der Waals surface area (Å²) in [6, 6.07) is 16.2. The Labute approximate surface area is 136 Å². The van der Waals surface area contributed by atoms with Gasteiger partial charge in [0.15, 0.2) is 0 Å². The van der Waals surface area contributed by atoms with Gasteiger partial charge in [0.1, 0.15) is 0 Å². The monoisotopic (exact) mass is 307 g/mol. The minimum absolute atomic E-state index is 0.528. The third kappa shape index (κ3) is 3.66. The van der Waals surface area contributed by atoms with E-state index in [4.69, 9.17) is 10.3 Å². The van der Waals surface area contributed by atoms with Gasteiger partial charge in [-0.25, -0.2) is 0 Å². The summed E-state index contributed by atoms with van der Waals surface area (Å²) in [5.74, 6) is 1.78. The van der Waals surface area contributed by atoms with Crippen LogP contribution in [0.1, 0.15) is 25.0 Å². The molecule has 2 N–H and O–H groups in total. The summed E-state index contributed by atoms with van der Waals surface area (Å²) in [6.07, 6.45) is 1.07. The maximum atomic E-state index is 5.61. The Bertz CT molecular complexity index is 758. The van der Waals surface area contributed by atoms with Crippen LogP contribution < -0.4 is 5.73 Å². The second-order valence-corrected chi connectivity index (χ2v) is 6.12. The molecular weight excluding hydrogens is 286 g/mol. The highest BCUT2D eigenvalue weighted by Gasteiger charge is 2.10. The zero-order chi connectivity index (χ0) is 16.2. The average Bonchev–Trinajstić information content (AvgIpc) is 3.05. The normalized spacial score (nSPS) is 11.1. The van der Waals surface area contributed by atoms with E-state index >= 15 is 0 Å². The van der Waals surface area contributed by atoms with Crippen LogP contribution in [-0.4, -0.2) is 10.1 Å². The Balaban J connectivity index is 1.80. The molecule has 23 heavy (non-hydrogen) atoms. The molecule has 0 saturated heterocycles. The molecule has 118 valence electrons. The fourth-order valence-electron chi connectivity index (χ4n) is 2.50. The smallest absolute Gasteiger partial charge is 0.258 e. The molecule has 0 atom stereocenters. The Hall–Kier alpha value is -2.46. The number of hydrogen-bond acceptors (Lipinski definition) is 4. The molecule has 0 aliphatic carbocycles. The molecule has 0 unspecified atom stereocenters. The van der Waals surface area contributed by atoms with Gasteiger partial charge in [-0.15, -0.1) is 0 Å². The van der Waals surface area contributed by atoms with Crippen molar-refractivity contribution in [3.63, 3.8) is 0 Å². The molecule has 0 aliphatic heterocycles. The maximum absolute atomic E-state index is 5.61. The van der Waals surface area contributed by atoms with Crippen LogP contribution in [0.4, 0.5) is 0 Å². The lowest BCUT2D eigenvalue weighted by molar-refractivity contribution is 0.432. The van der Waals surface area contributed by atoms with E-state index in [0.29, 0.717) is 24.2 Å². The van der Waals surface area contributed by atoms with Crippen LogP contribution in [0, 0.1) is 5.92 Å². The SMILES string of the molecule is CC(C)Cc1ccc(-c2nc(-c3ccc(CN)cc3)no2)cc1. The predicted molar refractivity (Wildman–Crippen MR) is 91.6 cm³/mol. The van der Waals surface area contributed by atoms with Crippen LogP contribution in [0.15, 0.2) is 53.1 Å². The highest BCUT2D eigenvalue weighted by Crippen LogP contribution is 2.23. The zero-order valence-electron chi connectivity index (χ0n) is 13.5. The first-order chi connectivity index (χ1) is 11.2. The maximum Gasteiger partial charge on any atom is 0.258 e. The molecule has 2 aromatic carbocycles. The molecule has 0 radical (unpaired) electrons. The molecule has 0 aliphatic rings. The van der Waals surface area contributed by atoms with Crippen LogP contribution in [-0.2, 0) is 13.0 Å². The highest BCUT2D eigenvalue weighted by atomic mass is 16.5. The zero-order valence-corrected chi connectivity index (χ0v) is 13.5. The van der Waals surface area contributed by atoms with Gasteiger partial charge in [0.05, 0.1) is 0 Å². The molecule has 3 rings (SSSR count). The van der Waals surface area contributed by atoms with Crippen molar-refractivity contribution < 1.29 is 4.52 Å². The van der Waals surface area contributed by atoms with Crippen LogP contribution in [0.2, 0.25) is 0 Å². The van der Waals surface area contributed by atoms with Gasteiger partial charge in [0.25, 0.3) is 5.89 Å². The van der Waals surface area contributed by atoms with E-state index < -0.39 is 0 Å². The Morgan fingerprint density at radius 1 is 0.913 bits per heavy atom. The first kappa shape index (κ1) is 15.4. The molecule has 4 nitrogen and oxygen atoms in total. The van der Waals surface area contributed by atoms with E-state index in [0.717, 1.165) is 23.1 Å². The minimum atomic E-state index is 0.528. The lowest BCUT2D eigenvalue weighted by Gasteiger charge is -2.04. The van der Waals surface area contributed by atoms with Crippen molar-refractivity contribution in [1.82, 2.24) is 10.1 Å². The van der Waals surface area contributed by atoms with Crippen molar-refractivity contribution in [2.45, 2.75) is 26.8 Å². The third-order valence-electron chi connectivity index (χ3n) is 3.72. The molecule has 0 spiro atoms. The average molecular weight is 307 g/mol. The summed E-state index contributed by atoms with van der Waals surface area (Å²) in [5.41, 5.74) is 9.88. The first-order valence-corrected chi connectivity index (χ1v) is 7.88. The number of nitrogens with two attached hydrogens (primary N) is 1. The van der Waals surface area contributed by atoms with Crippen molar-refractivity contribution in [3.05, 3.63) is 59.7 Å². The number of nitrogens with zero attached hydrogens (tertiary/aromatic N) is 2. The molecule has 1 heterocycles. The van der Waals surface area contributed by atoms with Gasteiger partial charge in [-0.1, -0.05) is 55.4 Å². The standard InChI is InChI=1S/C19H21N3O/c1-13(2)11-14-3-9-17(10-4-14)19-21-18(22-23-19)16-7-5-15(12-20)6-8-16/h3-10,13H,11-12,20H2,1-2H3. The topological polar surface area (TPSA) is 64.9 Å². The second kappa shape index (κ2) is 6.75. The third-order valence-corrected chi connectivity index (χ3v) is 3.72. The second-order valence-electron chi connectivity index (χ2n) is 6.12. The summed E-state index contributed by atoms with van der Waals surface area (Å²) >= 11 is 0. The van der Waals surface area contributed by atoms with Gasteiger partial charge in [0.2, 0.25) is 5.82 Å². The van der Waals surface area contributed by atoms with Gasteiger partial charge >= 0.3 is 0 Å². The fourth-order valence-corrected chi connectivity index (χ4v) is 2.50. The van der Waals surface area contributed by atoms with Crippen molar-refractivity contribution in [3.8, 4) is 22.8 Å². The molecular formula is C19H21N3O. The Morgan fingerprint density at radius 2 is 1.52 bits per heavy atom. The van der Waals surface area contributed by atoms with Gasteiger partial charge in [-0.2, -0.15) is 4.98 Å². The largest absolute Gasteiger partial charge is 0.334 e. The summed E-state index contributed by atoms with van der Waals surface area (Å²) in [4.78, 5) is 4.49. The van der Waals surface area contributed by atoms with Crippen molar-refractivity contribution in [1.29, 1.82) is 0 Å². The first-order valence-electron chi connectivity index (χ1n) is 7.88. The lowest BCUT2D eigenvalue weighted by Crippen LogP contribution is -1.95. The van der Waals surface area contributed by atoms with E-state index in [1.54, 1.807) is 0 Å². The van der Waals surface area contributed by atoms with Gasteiger partial charge < -0.3 is 10.3 Å². The summed E-state index contributed by atoms with van der Waals surface area (Å²) in [5, 5.41) is 4.07. The Morgan fingerprint density at radius 3 is 2.13 bits per heavy atom. The molecule has 4 heteroatoms. The highest BCUT2D eigenvalue weighted by molar-refractivity contribution is 5.60. The minimum Gasteiger partial charge on any atom is -0.334 e. The van der Waals surface area contributed by atoms with Gasteiger partial charge in [-0.05, 0) is 35.6 Å². The number of hydrogen-bond donors (Lipinski definition) is 1. The number of rotatable bonds is 5. The van der Waals surface area contributed by atoms with Crippen molar-refractivity contribution in [2.75, 3.05) is 0 Å². The molecule has 0 saturated carbocycles. The quantitative estimate of drug-likeness (QED) is 0.772. The van der Waals surface area contributed by atoms with E-state index in [1.165, 1.54) is 5.56 Å². The molecule has 0 bridgehead atoms. The Kier molecular flexibility index (Phi) is 4.53. The molecule has 1 aromatic heterocycles. The fraction of sp³-hybridized carbons (Fsp3) is 0.263. The van der Waals surface area contributed by atoms with Gasteiger partial charge in [0, 0.05) is 17.7 Å². The van der Waals surface area contributed by atoms with Crippen molar-refractivity contribution >= 4 is 0 Å². The van der Waals surface area contributed by atoms with E-state index in [-0.39, 0.29) is 0 Å². The van der Waals surface area contributed by atoms with Gasteiger partial charge in [-0.3, -0.25) is 0 Å². The molecule has 3 aromatic rings. The summed E-state index contributed by atoms with van der Waals surface area (Å²) in [7, 11) is 0. The van der Waals surface area contributed by atoms with Crippen LogP contribution in [0.5, 0.6) is 0 Å². The summed E-state index contributed by atoms with van der Waals surface area (Å²) < 4.78 is 5.40. The number of aromatic nitrogens is 2. The van der Waals surface area contributed by atoms with Crippen LogP contribution in [0.25, 0.3) is 22.8 Å².